The van der Waals surface area contributed by atoms with E-state index in [2.05, 4.69) is 5.32 Å². The van der Waals surface area contributed by atoms with E-state index in [-0.39, 0.29) is 11.6 Å². The lowest BCUT2D eigenvalue weighted by molar-refractivity contribution is -0.127. The molecule has 2 saturated heterocycles. The minimum Gasteiger partial charge on any atom is -0.378 e. The van der Waals surface area contributed by atoms with Crippen LogP contribution in [0.5, 0.6) is 0 Å². The Morgan fingerprint density at radius 3 is 2.68 bits per heavy atom. The number of rotatable bonds is 4. The lowest BCUT2D eigenvalue weighted by atomic mass is 10.0. The summed E-state index contributed by atoms with van der Waals surface area (Å²) in [5, 5.41) is 3.75. The first-order valence-electron chi connectivity index (χ1n) is 9.25. The largest absolute Gasteiger partial charge is 0.393 e. The third-order valence-corrected chi connectivity index (χ3v) is 6.45. The Bertz CT molecular complexity index is 835. The predicted octanol–water partition coefficient (Wildman–Crippen LogP) is 4.51. The molecule has 2 fully saturated rings. The predicted molar refractivity (Wildman–Crippen MR) is 101 cm³/mol. The van der Waals surface area contributed by atoms with Crippen molar-refractivity contribution in [3.05, 3.63) is 28.6 Å². The fourth-order valence-electron chi connectivity index (χ4n) is 3.80. The molecule has 0 saturated carbocycles. The summed E-state index contributed by atoms with van der Waals surface area (Å²) in [4.78, 5) is 2.38. The number of anilines is 1. The number of nitrogens with zero attached hydrogens (tertiary/aromatic N) is 1. The molecule has 0 aliphatic carbocycles. The Labute approximate surface area is 164 Å². The van der Waals surface area contributed by atoms with Gasteiger partial charge in [-0.2, -0.15) is 13.2 Å². The van der Waals surface area contributed by atoms with Gasteiger partial charge in [-0.25, -0.2) is 4.39 Å². The van der Waals surface area contributed by atoms with Gasteiger partial charge in [-0.15, -0.1) is 11.3 Å². The van der Waals surface area contributed by atoms with Crippen LogP contribution in [0, 0.1) is 0 Å². The number of fused-ring (bicyclic) bond motifs is 1. The van der Waals surface area contributed by atoms with Gasteiger partial charge >= 0.3 is 6.18 Å². The Morgan fingerprint density at radius 1 is 1.25 bits per heavy atom. The maximum Gasteiger partial charge on any atom is 0.393 e. The number of ether oxygens (including phenoxy) is 2. The number of piperidine rings is 1. The zero-order chi connectivity index (χ0) is 19.9. The molecule has 2 atom stereocenters. The highest BCUT2D eigenvalue weighted by Gasteiger charge is 2.35. The first-order valence-corrected chi connectivity index (χ1v) is 10.1. The summed E-state index contributed by atoms with van der Waals surface area (Å²) in [6.45, 7) is 1.82. The molecular formula is C19H22F4N2O2S. The first kappa shape index (κ1) is 19.9. The van der Waals surface area contributed by atoms with E-state index in [4.69, 9.17) is 9.47 Å². The highest BCUT2D eigenvalue weighted by Crippen LogP contribution is 2.44. The Hall–Kier alpha value is -1.42. The number of hydrogen-bond acceptors (Lipinski definition) is 5. The summed E-state index contributed by atoms with van der Waals surface area (Å²) < 4.78 is 65.8. The van der Waals surface area contributed by atoms with Gasteiger partial charge in [0, 0.05) is 13.1 Å². The second-order valence-corrected chi connectivity index (χ2v) is 8.36. The van der Waals surface area contributed by atoms with Crippen molar-refractivity contribution >= 4 is 27.1 Å². The highest BCUT2D eigenvalue weighted by molar-refractivity contribution is 7.20. The molecule has 2 aliphatic rings. The first-order chi connectivity index (χ1) is 13.3. The number of benzene rings is 1. The van der Waals surface area contributed by atoms with Crippen molar-refractivity contribution in [2.45, 2.75) is 37.5 Å². The van der Waals surface area contributed by atoms with Crippen molar-refractivity contribution in [2.75, 3.05) is 38.7 Å². The Balaban J connectivity index is 1.71. The van der Waals surface area contributed by atoms with Crippen molar-refractivity contribution in [1.29, 1.82) is 0 Å². The van der Waals surface area contributed by atoms with E-state index in [9.17, 15) is 17.6 Å². The van der Waals surface area contributed by atoms with Crippen LogP contribution in [0.25, 0.3) is 10.1 Å². The molecule has 1 aromatic heterocycles. The van der Waals surface area contributed by atoms with Crippen LogP contribution in [0.2, 0.25) is 0 Å². The summed E-state index contributed by atoms with van der Waals surface area (Å²) in [7, 11) is 1.88. The topological polar surface area (TPSA) is 33.7 Å². The molecule has 28 heavy (non-hydrogen) atoms. The van der Waals surface area contributed by atoms with Crippen molar-refractivity contribution < 1.29 is 27.0 Å². The highest BCUT2D eigenvalue weighted by atomic mass is 32.1. The Kier molecular flexibility index (Phi) is 5.52. The second kappa shape index (κ2) is 7.78. The molecule has 0 spiro atoms. The average molecular weight is 418 g/mol. The SMILES string of the molecule is CN1CC[C@@H](Nc2cccc3c(CC(F)(F)F)c(C4OCCO4)sc23)[C@@H](F)C1. The molecule has 2 aliphatic heterocycles. The quantitative estimate of drug-likeness (QED) is 0.741. The number of hydrogen-bond donors (Lipinski definition) is 1. The molecule has 4 nitrogen and oxygen atoms in total. The van der Waals surface area contributed by atoms with Crippen LogP contribution in [0.4, 0.5) is 23.2 Å². The van der Waals surface area contributed by atoms with E-state index < -0.39 is 25.1 Å². The molecule has 154 valence electrons. The Morgan fingerprint density at radius 2 is 2.00 bits per heavy atom. The van der Waals surface area contributed by atoms with E-state index in [1.807, 2.05) is 11.9 Å². The number of nitrogens with one attached hydrogen (secondary N) is 1. The molecular weight excluding hydrogens is 396 g/mol. The lowest BCUT2D eigenvalue weighted by Crippen LogP contribution is -2.46. The summed E-state index contributed by atoms with van der Waals surface area (Å²) in [5.41, 5.74) is 0.843. The van der Waals surface area contributed by atoms with Crippen molar-refractivity contribution in [1.82, 2.24) is 4.90 Å². The average Bonchev–Trinajstić information content (AvgIpc) is 3.25. The molecule has 1 N–H and O–H groups in total. The molecule has 0 unspecified atom stereocenters. The zero-order valence-corrected chi connectivity index (χ0v) is 16.2. The van der Waals surface area contributed by atoms with Gasteiger partial charge in [0.15, 0.2) is 6.29 Å². The van der Waals surface area contributed by atoms with Crippen molar-refractivity contribution in [3.8, 4) is 0 Å². The zero-order valence-electron chi connectivity index (χ0n) is 15.4. The van der Waals surface area contributed by atoms with Crippen LogP contribution in [0.3, 0.4) is 0 Å². The van der Waals surface area contributed by atoms with E-state index in [1.54, 1.807) is 18.2 Å². The van der Waals surface area contributed by atoms with Gasteiger partial charge in [0.2, 0.25) is 0 Å². The normalized spacial score (nSPS) is 24.9. The molecule has 0 radical (unpaired) electrons. The number of alkyl halides is 4. The van der Waals surface area contributed by atoms with Crippen LogP contribution in [0.1, 0.15) is 23.2 Å². The van der Waals surface area contributed by atoms with Crippen LogP contribution >= 0.6 is 11.3 Å². The van der Waals surface area contributed by atoms with Crippen molar-refractivity contribution in [2.24, 2.45) is 0 Å². The molecule has 2 aromatic rings. The van der Waals surface area contributed by atoms with Gasteiger partial charge in [0.1, 0.15) is 6.17 Å². The van der Waals surface area contributed by atoms with Gasteiger partial charge in [-0.05, 0) is 30.5 Å². The van der Waals surface area contributed by atoms with Crippen LogP contribution in [0.15, 0.2) is 18.2 Å². The smallest absolute Gasteiger partial charge is 0.378 e. The summed E-state index contributed by atoms with van der Waals surface area (Å²) in [6.07, 6.45) is -6.57. The van der Waals surface area contributed by atoms with Gasteiger partial charge < -0.3 is 19.7 Å². The van der Waals surface area contributed by atoms with Gasteiger partial charge in [-0.3, -0.25) is 0 Å². The minimum absolute atomic E-state index is 0.184. The fraction of sp³-hybridized carbons (Fsp3) is 0.579. The fourth-order valence-corrected chi connectivity index (χ4v) is 5.10. The molecule has 1 aromatic carbocycles. The molecule has 9 heteroatoms. The van der Waals surface area contributed by atoms with Crippen LogP contribution in [-0.4, -0.2) is 56.6 Å². The number of halogens is 4. The van der Waals surface area contributed by atoms with Gasteiger partial charge in [0.25, 0.3) is 0 Å². The second-order valence-electron chi connectivity index (χ2n) is 7.31. The van der Waals surface area contributed by atoms with Gasteiger partial charge in [-0.1, -0.05) is 12.1 Å². The molecule has 0 amide bonds. The third kappa shape index (κ3) is 4.12. The van der Waals surface area contributed by atoms with E-state index >= 15 is 0 Å². The van der Waals surface area contributed by atoms with Crippen molar-refractivity contribution in [3.63, 3.8) is 0 Å². The third-order valence-electron chi connectivity index (χ3n) is 5.15. The van der Waals surface area contributed by atoms with Gasteiger partial charge in [0.05, 0.1) is 40.9 Å². The standard InChI is InChI=1S/C19H22F4N2O2S/c1-25-6-5-14(13(20)10-25)24-15-4-2-3-11-12(9-19(21,22)23)17(28-16(11)15)18-26-7-8-27-18/h2-4,13-14,18,24H,5-10H2,1H3/t13-,14+/m0/s1. The molecule has 0 bridgehead atoms. The van der Waals surface area contributed by atoms with Crippen LogP contribution < -0.4 is 5.32 Å². The summed E-state index contributed by atoms with van der Waals surface area (Å²) in [5.74, 6) is 0. The van der Waals surface area contributed by atoms with E-state index in [0.717, 1.165) is 6.54 Å². The maximum absolute atomic E-state index is 14.4. The van der Waals surface area contributed by atoms with E-state index in [1.165, 1.54) is 11.3 Å². The summed E-state index contributed by atoms with van der Waals surface area (Å²) >= 11 is 1.23. The maximum atomic E-state index is 14.4. The molecule has 3 heterocycles. The molecule has 4 rings (SSSR count). The number of likely N-dealkylation sites (tertiary alicyclic amines) is 1. The monoisotopic (exact) mass is 418 g/mol. The minimum atomic E-state index is -4.34. The van der Waals surface area contributed by atoms with E-state index in [0.29, 0.717) is 46.8 Å². The lowest BCUT2D eigenvalue weighted by Gasteiger charge is -2.33. The number of thiophene rings is 1. The van der Waals surface area contributed by atoms with Crippen LogP contribution in [-0.2, 0) is 15.9 Å². The summed E-state index contributed by atoms with van der Waals surface area (Å²) in [6, 6.07) is 4.82.